The average molecular weight is 258 g/mol. The summed E-state index contributed by atoms with van der Waals surface area (Å²) in [6.07, 6.45) is 1.60. The quantitative estimate of drug-likeness (QED) is 0.709. The van der Waals surface area contributed by atoms with Crippen LogP contribution in [0, 0.1) is 11.3 Å². The normalized spacial score (nSPS) is 26.2. The van der Waals surface area contributed by atoms with Gasteiger partial charge >= 0.3 is 0 Å². The van der Waals surface area contributed by atoms with Crippen molar-refractivity contribution in [3.8, 4) is 6.07 Å². The molecule has 1 amide bonds. The minimum atomic E-state index is 0.0240. The van der Waals surface area contributed by atoms with E-state index in [1.807, 2.05) is 19.2 Å². The lowest BCUT2D eigenvalue weighted by Crippen LogP contribution is -2.51. The van der Waals surface area contributed by atoms with Gasteiger partial charge in [0.2, 0.25) is 5.91 Å². The first-order chi connectivity index (χ1) is 9.19. The fraction of sp³-hybridized carbons (Fsp3) is 0.462. The van der Waals surface area contributed by atoms with E-state index >= 15 is 0 Å². The first-order valence-corrected chi connectivity index (χ1v) is 6.17. The molecule has 0 aromatic carbocycles. The third-order valence-electron chi connectivity index (χ3n) is 3.75. The van der Waals surface area contributed by atoms with E-state index in [2.05, 4.69) is 9.88 Å². The van der Waals surface area contributed by atoms with E-state index in [1.165, 1.54) is 0 Å². The highest BCUT2D eigenvalue weighted by Gasteiger charge is 2.41. The number of hydrogen-bond donors (Lipinski definition) is 0. The molecule has 0 radical (unpaired) electrons. The molecule has 0 spiro atoms. The number of nitrogens with zero attached hydrogens (tertiary/aromatic N) is 4. The molecule has 0 aliphatic carbocycles. The summed E-state index contributed by atoms with van der Waals surface area (Å²) in [6.45, 7) is 1.60. The van der Waals surface area contributed by atoms with E-state index in [-0.39, 0.29) is 24.7 Å². The highest BCUT2D eigenvalue weighted by molar-refractivity contribution is 5.78. The minimum Gasteiger partial charge on any atom is -0.364 e. The Balaban J connectivity index is 1.78. The molecule has 0 N–H and O–H groups in total. The van der Waals surface area contributed by atoms with Gasteiger partial charge in [-0.25, -0.2) is 4.98 Å². The van der Waals surface area contributed by atoms with Crippen molar-refractivity contribution in [1.82, 2.24) is 9.88 Å². The first kappa shape index (κ1) is 11.9. The van der Waals surface area contributed by atoms with Crippen LogP contribution in [-0.4, -0.2) is 54.7 Å². The van der Waals surface area contributed by atoms with E-state index in [0.717, 1.165) is 12.4 Å². The molecule has 19 heavy (non-hydrogen) atoms. The maximum Gasteiger partial charge on any atom is 0.248 e. The number of carbonyl (C=O) groups is 1. The lowest BCUT2D eigenvalue weighted by atomic mass is 10.1. The second-order valence-corrected chi connectivity index (χ2v) is 4.84. The number of fused-ring (bicyclic) bond motifs is 1. The van der Waals surface area contributed by atoms with Gasteiger partial charge in [-0.05, 0) is 12.1 Å². The van der Waals surface area contributed by atoms with Gasteiger partial charge in [0.05, 0.1) is 17.7 Å². The number of hydrogen-bond acceptors (Lipinski definition) is 5. The van der Waals surface area contributed by atoms with Crippen molar-refractivity contribution in [2.24, 2.45) is 0 Å². The predicted octanol–water partition coefficient (Wildman–Crippen LogP) is -0.000920. The maximum absolute atomic E-state index is 11.6. The van der Waals surface area contributed by atoms with Gasteiger partial charge in [-0.2, -0.15) is 5.26 Å². The monoisotopic (exact) mass is 258 g/mol. The second-order valence-electron chi connectivity index (χ2n) is 4.84. The fourth-order valence-electron chi connectivity index (χ4n) is 2.58. The van der Waals surface area contributed by atoms with Gasteiger partial charge in [0.25, 0.3) is 0 Å². The summed E-state index contributed by atoms with van der Waals surface area (Å²) in [6, 6.07) is 5.71. The van der Waals surface area contributed by atoms with Crippen LogP contribution in [-0.2, 0) is 9.53 Å². The van der Waals surface area contributed by atoms with Crippen LogP contribution in [0.15, 0.2) is 18.3 Å². The van der Waals surface area contributed by atoms with Crippen LogP contribution in [0.5, 0.6) is 0 Å². The molecule has 6 nitrogen and oxygen atoms in total. The molecule has 6 heteroatoms. The van der Waals surface area contributed by atoms with Gasteiger partial charge in [0.15, 0.2) is 0 Å². The van der Waals surface area contributed by atoms with Crippen LogP contribution in [0.4, 0.5) is 5.82 Å². The summed E-state index contributed by atoms with van der Waals surface area (Å²) in [5, 5.41) is 8.76. The summed E-state index contributed by atoms with van der Waals surface area (Å²) in [5.74, 6) is 0.841. The zero-order valence-electron chi connectivity index (χ0n) is 10.6. The van der Waals surface area contributed by atoms with E-state index in [4.69, 9.17) is 10.00 Å². The fourth-order valence-corrected chi connectivity index (χ4v) is 2.58. The van der Waals surface area contributed by atoms with Crippen LogP contribution < -0.4 is 4.90 Å². The highest BCUT2D eigenvalue weighted by atomic mass is 16.5. The van der Waals surface area contributed by atoms with Gasteiger partial charge in [0.1, 0.15) is 18.5 Å². The zero-order chi connectivity index (χ0) is 13.4. The zero-order valence-corrected chi connectivity index (χ0v) is 10.6. The molecule has 2 fully saturated rings. The lowest BCUT2D eigenvalue weighted by Gasteiger charge is -2.33. The number of likely N-dealkylation sites (N-methyl/N-ethyl adjacent to an activating group) is 1. The molecule has 2 saturated heterocycles. The topological polar surface area (TPSA) is 69.5 Å². The van der Waals surface area contributed by atoms with E-state index < -0.39 is 0 Å². The van der Waals surface area contributed by atoms with E-state index in [9.17, 15) is 4.79 Å². The number of amides is 1. The predicted molar refractivity (Wildman–Crippen MR) is 67.5 cm³/mol. The molecule has 3 heterocycles. The van der Waals surface area contributed by atoms with Crippen molar-refractivity contribution in [3.05, 3.63) is 23.9 Å². The molecule has 0 bridgehead atoms. The molecule has 1 aromatic rings. The molecule has 2 aliphatic heterocycles. The molecule has 1 aromatic heterocycles. The second kappa shape index (κ2) is 4.52. The number of morpholine rings is 1. The number of nitriles is 1. The van der Waals surface area contributed by atoms with Crippen molar-refractivity contribution in [2.45, 2.75) is 12.1 Å². The average Bonchev–Trinajstić information content (AvgIpc) is 2.88. The Hall–Kier alpha value is -2.13. The Bertz CT molecular complexity index is 537. The van der Waals surface area contributed by atoms with Crippen molar-refractivity contribution in [2.75, 3.05) is 31.6 Å². The summed E-state index contributed by atoms with van der Waals surface area (Å²) >= 11 is 0. The minimum absolute atomic E-state index is 0.0240. The maximum atomic E-state index is 11.6. The summed E-state index contributed by atoms with van der Waals surface area (Å²) in [7, 11) is 1.82. The molecule has 3 rings (SSSR count). The SMILES string of the molecule is CN1C(=O)COC2CN(c3ccc(C#N)cn3)CC21. The Labute approximate surface area is 111 Å². The van der Waals surface area contributed by atoms with Crippen LogP contribution in [0.2, 0.25) is 0 Å². The molecule has 2 unspecified atom stereocenters. The van der Waals surface area contributed by atoms with Crippen LogP contribution in [0.1, 0.15) is 5.56 Å². The summed E-state index contributed by atoms with van der Waals surface area (Å²) in [5.41, 5.74) is 0.545. The van der Waals surface area contributed by atoms with Gasteiger partial charge in [0, 0.05) is 26.3 Å². The molecule has 2 aliphatic rings. The van der Waals surface area contributed by atoms with Gasteiger partial charge in [-0.15, -0.1) is 0 Å². The van der Waals surface area contributed by atoms with Crippen LogP contribution in [0.25, 0.3) is 0 Å². The highest BCUT2D eigenvalue weighted by Crippen LogP contribution is 2.25. The number of ether oxygens (including phenoxy) is 1. The van der Waals surface area contributed by atoms with Crippen LogP contribution in [0.3, 0.4) is 0 Å². The Morgan fingerprint density at radius 3 is 3.00 bits per heavy atom. The summed E-state index contributed by atoms with van der Waals surface area (Å²) < 4.78 is 5.57. The van der Waals surface area contributed by atoms with Crippen LogP contribution >= 0.6 is 0 Å². The van der Waals surface area contributed by atoms with Crippen molar-refractivity contribution >= 4 is 11.7 Å². The molecular weight excluding hydrogens is 244 g/mol. The van der Waals surface area contributed by atoms with Crippen molar-refractivity contribution in [3.63, 3.8) is 0 Å². The molecule has 98 valence electrons. The Morgan fingerprint density at radius 1 is 1.47 bits per heavy atom. The molecule has 0 saturated carbocycles. The lowest BCUT2D eigenvalue weighted by molar-refractivity contribution is -0.150. The number of anilines is 1. The number of aromatic nitrogens is 1. The standard InChI is InChI=1S/C13H14N4O2/c1-16-10-6-17(7-11(10)19-8-13(16)18)12-3-2-9(4-14)5-15-12/h2-3,5,10-11H,6-8H2,1H3. The first-order valence-electron chi connectivity index (χ1n) is 6.17. The third-order valence-corrected chi connectivity index (χ3v) is 3.75. The number of rotatable bonds is 1. The Kier molecular flexibility index (Phi) is 2.84. The van der Waals surface area contributed by atoms with Gasteiger partial charge < -0.3 is 14.5 Å². The summed E-state index contributed by atoms with van der Waals surface area (Å²) in [4.78, 5) is 19.7. The smallest absolute Gasteiger partial charge is 0.248 e. The number of pyridine rings is 1. The van der Waals surface area contributed by atoms with Crippen molar-refractivity contribution < 1.29 is 9.53 Å². The Morgan fingerprint density at radius 2 is 2.32 bits per heavy atom. The van der Waals surface area contributed by atoms with E-state index in [0.29, 0.717) is 12.1 Å². The van der Waals surface area contributed by atoms with E-state index in [1.54, 1.807) is 17.2 Å². The number of carbonyl (C=O) groups excluding carboxylic acids is 1. The largest absolute Gasteiger partial charge is 0.364 e. The van der Waals surface area contributed by atoms with Gasteiger partial charge in [-0.1, -0.05) is 0 Å². The van der Waals surface area contributed by atoms with Crippen molar-refractivity contribution in [1.29, 1.82) is 5.26 Å². The molecule has 2 atom stereocenters. The third kappa shape index (κ3) is 2.02. The molecular formula is C13H14N4O2. The van der Waals surface area contributed by atoms with Gasteiger partial charge in [-0.3, -0.25) is 4.79 Å².